The van der Waals surface area contributed by atoms with Gasteiger partial charge in [-0.1, -0.05) is 36.4 Å². The Morgan fingerprint density at radius 1 is 1.12 bits per heavy atom. The van der Waals surface area contributed by atoms with Crippen molar-refractivity contribution in [1.82, 2.24) is 19.4 Å². The van der Waals surface area contributed by atoms with Crippen molar-refractivity contribution in [3.8, 4) is 0 Å². The second-order valence-corrected chi connectivity index (χ2v) is 8.78. The molecule has 0 saturated heterocycles. The molecule has 6 heteroatoms. The van der Waals surface area contributed by atoms with E-state index in [-0.39, 0.29) is 6.03 Å². The summed E-state index contributed by atoms with van der Waals surface area (Å²) < 4.78 is 2.24. The lowest BCUT2D eigenvalue weighted by Gasteiger charge is -2.26. The monoisotopic (exact) mass is 431 g/mol. The zero-order valence-electron chi connectivity index (χ0n) is 19.3. The summed E-state index contributed by atoms with van der Waals surface area (Å²) in [5.41, 5.74) is 6.83. The Balaban J connectivity index is 1.29. The van der Waals surface area contributed by atoms with Gasteiger partial charge in [0, 0.05) is 39.4 Å². The lowest BCUT2D eigenvalue weighted by atomic mass is 9.99. The molecule has 1 N–H and O–H groups in total. The van der Waals surface area contributed by atoms with Gasteiger partial charge in [-0.05, 0) is 61.6 Å². The number of benzene rings is 2. The summed E-state index contributed by atoms with van der Waals surface area (Å²) in [5.74, 6) is 0. The highest BCUT2D eigenvalue weighted by Gasteiger charge is 2.13. The Kier molecular flexibility index (Phi) is 6.90. The van der Waals surface area contributed by atoms with Crippen molar-refractivity contribution < 1.29 is 4.79 Å². The Bertz CT molecular complexity index is 1100. The Morgan fingerprint density at radius 3 is 2.62 bits per heavy atom. The van der Waals surface area contributed by atoms with E-state index < -0.39 is 0 Å². The quantitative estimate of drug-likeness (QED) is 0.535. The van der Waals surface area contributed by atoms with E-state index in [9.17, 15) is 4.79 Å². The van der Waals surface area contributed by atoms with Crippen molar-refractivity contribution >= 4 is 28.3 Å². The van der Waals surface area contributed by atoms with Crippen molar-refractivity contribution in [2.24, 2.45) is 0 Å². The van der Waals surface area contributed by atoms with E-state index in [0.29, 0.717) is 0 Å². The molecular formula is C26H33N5O. The second kappa shape index (κ2) is 10.0. The minimum Gasteiger partial charge on any atom is -0.331 e. The van der Waals surface area contributed by atoms with Gasteiger partial charge in [-0.15, -0.1) is 0 Å². The molecule has 3 aromatic rings. The first-order valence-electron chi connectivity index (χ1n) is 11.4. The third-order valence-corrected chi connectivity index (χ3v) is 6.12. The number of carbonyl (C=O) groups is 1. The predicted octanol–water partition coefficient (Wildman–Crippen LogP) is 5.01. The van der Waals surface area contributed by atoms with Crippen LogP contribution in [0.15, 0.2) is 54.9 Å². The number of hydrogen-bond donors (Lipinski definition) is 1. The number of urea groups is 1. The van der Waals surface area contributed by atoms with Crippen molar-refractivity contribution in [2.75, 3.05) is 39.0 Å². The zero-order chi connectivity index (χ0) is 22.5. The number of hydrogen-bond acceptors (Lipinski definition) is 3. The normalized spacial score (nSPS) is 14.4. The highest BCUT2D eigenvalue weighted by atomic mass is 16.2. The van der Waals surface area contributed by atoms with Crippen LogP contribution in [0.3, 0.4) is 0 Å². The molecule has 0 radical (unpaired) electrons. The fraction of sp³-hybridized carbons (Fsp3) is 0.385. The number of nitrogens with zero attached hydrogens (tertiary/aromatic N) is 4. The largest absolute Gasteiger partial charge is 0.331 e. The van der Waals surface area contributed by atoms with Crippen LogP contribution >= 0.6 is 0 Å². The minimum absolute atomic E-state index is 0.133. The van der Waals surface area contributed by atoms with E-state index >= 15 is 0 Å². The highest BCUT2D eigenvalue weighted by Crippen LogP contribution is 2.24. The van der Waals surface area contributed by atoms with Crippen LogP contribution in [0.2, 0.25) is 0 Å². The van der Waals surface area contributed by atoms with Crippen molar-refractivity contribution in [3.63, 3.8) is 0 Å². The molecule has 0 atom stereocenters. The smallest absolute Gasteiger partial charge is 0.321 e. The summed E-state index contributed by atoms with van der Waals surface area (Å²) in [4.78, 5) is 20.6. The van der Waals surface area contributed by atoms with Gasteiger partial charge in [-0.25, -0.2) is 9.78 Å². The number of aryl methyl sites for hydroxylation is 2. The number of unbranched alkanes of at least 4 members (excludes halogenated alkanes) is 1. The van der Waals surface area contributed by atoms with Gasteiger partial charge in [0.1, 0.15) is 0 Å². The van der Waals surface area contributed by atoms with Crippen LogP contribution in [0.25, 0.3) is 16.6 Å². The molecule has 1 aliphatic rings. The topological polar surface area (TPSA) is 53.4 Å². The van der Waals surface area contributed by atoms with Crippen LogP contribution in [-0.4, -0.2) is 59.1 Å². The highest BCUT2D eigenvalue weighted by molar-refractivity contribution is 5.92. The number of rotatable bonds is 7. The standard InChI is InChI=1S/C26H33N5O/c1-20-17-23(28-26(32)29(2)3)18-24-25(20)31(19-27-24)14-8-7-13-30-15-11-22(12-16-30)21-9-5-4-6-10-21/h4-6,9-11,17-19H,7-8,12-16H2,1-3H3,(H,28,32). The van der Waals surface area contributed by atoms with Crippen LogP contribution in [0.5, 0.6) is 0 Å². The fourth-order valence-electron chi connectivity index (χ4n) is 4.35. The zero-order valence-corrected chi connectivity index (χ0v) is 19.3. The van der Waals surface area contributed by atoms with Gasteiger partial charge in [0.25, 0.3) is 0 Å². The van der Waals surface area contributed by atoms with Gasteiger partial charge in [0.2, 0.25) is 0 Å². The molecule has 0 unspecified atom stereocenters. The van der Waals surface area contributed by atoms with Gasteiger partial charge in [-0.3, -0.25) is 4.90 Å². The maximum atomic E-state index is 11.9. The van der Waals surface area contributed by atoms with Crippen LogP contribution in [0.1, 0.15) is 30.4 Å². The first-order valence-corrected chi connectivity index (χ1v) is 11.4. The Hall–Kier alpha value is -3.12. The number of fused-ring (bicyclic) bond motifs is 1. The van der Waals surface area contributed by atoms with E-state index in [1.807, 2.05) is 18.5 Å². The maximum absolute atomic E-state index is 11.9. The lowest BCUT2D eigenvalue weighted by Crippen LogP contribution is -2.29. The summed E-state index contributed by atoms with van der Waals surface area (Å²) >= 11 is 0. The average molecular weight is 432 g/mol. The van der Waals surface area contributed by atoms with E-state index in [0.717, 1.165) is 61.3 Å². The van der Waals surface area contributed by atoms with Crippen LogP contribution in [0, 0.1) is 6.92 Å². The van der Waals surface area contributed by atoms with Gasteiger partial charge in [0.15, 0.2) is 0 Å². The molecule has 32 heavy (non-hydrogen) atoms. The SMILES string of the molecule is Cc1cc(NC(=O)N(C)C)cc2ncn(CCCCN3CC=C(c4ccccc4)CC3)c12. The summed E-state index contributed by atoms with van der Waals surface area (Å²) in [6.45, 7) is 6.34. The molecule has 0 fully saturated rings. The van der Waals surface area contributed by atoms with Gasteiger partial charge >= 0.3 is 6.03 Å². The molecule has 0 spiro atoms. The summed E-state index contributed by atoms with van der Waals surface area (Å²) in [7, 11) is 3.47. The molecule has 1 aromatic heterocycles. The van der Waals surface area contributed by atoms with Crippen LogP contribution < -0.4 is 5.32 Å². The predicted molar refractivity (Wildman–Crippen MR) is 132 cm³/mol. The Morgan fingerprint density at radius 2 is 1.91 bits per heavy atom. The molecular weight excluding hydrogens is 398 g/mol. The molecule has 2 heterocycles. The molecule has 2 aromatic carbocycles. The average Bonchev–Trinajstić information content (AvgIpc) is 3.21. The number of imidazole rings is 1. The Labute approximate surface area is 190 Å². The van der Waals surface area contributed by atoms with E-state index in [4.69, 9.17) is 0 Å². The molecule has 4 rings (SSSR count). The van der Waals surface area contributed by atoms with Crippen molar-refractivity contribution in [2.45, 2.75) is 32.7 Å². The second-order valence-electron chi connectivity index (χ2n) is 8.78. The van der Waals surface area contributed by atoms with Crippen molar-refractivity contribution in [1.29, 1.82) is 0 Å². The van der Waals surface area contributed by atoms with E-state index in [2.05, 4.69) is 63.1 Å². The maximum Gasteiger partial charge on any atom is 0.321 e. The minimum atomic E-state index is -0.133. The molecule has 0 aliphatic carbocycles. The number of amides is 2. The summed E-state index contributed by atoms with van der Waals surface area (Å²) in [5, 5.41) is 2.91. The number of nitrogens with one attached hydrogen (secondary N) is 1. The lowest BCUT2D eigenvalue weighted by molar-refractivity contribution is 0.230. The van der Waals surface area contributed by atoms with Crippen LogP contribution in [-0.2, 0) is 6.54 Å². The molecule has 6 nitrogen and oxygen atoms in total. The number of anilines is 1. The molecule has 1 aliphatic heterocycles. The number of aromatic nitrogens is 2. The summed E-state index contributed by atoms with van der Waals surface area (Å²) in [6, 6.07) is 14.6. The first-order chi connectivity index (χ1) is 15.5. The molecule has 0 bridgehead atoms. The first kappa shape index (κ1) is 22.1. The van der Waals surface area contributed by atoms with Crippen LogP contribution in [0.4, 0.5) is 10.5 Å². The third kappa shape index (κ3) is 5.19. The molecule has 168 valence electrons. The number of carbonyl (C=O) groups excluding carboxylic acids is 1. The van der Waals surface area contributed by atoms with Gasteiger partial charge < -0.3 is 14.8 Å². The molecule has 0 saturated carbocycles. The fourth-order valence-corrected chi connectivity index (χ4v) is 4.35. The van der Waals surface area contributed by atoms with Gasteiger partial charge in [0.05, 0.1) is 17.4 Å². The molecule has 2 amide bonds. The summed E-state index contributed by atoms with van der Waals surface area (Å²) in [6.07, 6.45) is 7.73. The third-order valence-electron chi connectivity index (χ3n) is 6.12. The van der Waals surface area contributed by atoms with E-state index in [1.165, 1.54) is 22.5 Å². The van der Waals surface area contributed by atoms with Crippen molar-refractivity contribution in [3.05, 3.63) is 66.0 Å². The van der Waals surface area contributed by atoms with E-state index in [1.54, 1.807) is 14.1 Å². The van der Waals surface area contributed by atoms with Gasteiger partial charge in [-0.2, -0.15) is 0 Å².